The van der Waals surface area contributed by atoms with Gasteiger partial charge in [-0.25, -0.2) is 9.37 Å². The van der Waals surface area contributed by atoms with E-state index in [2.05, 4.69) is 18.0 Å². The van der Waals surface area contributed by atoms with E-state index in [1.807, 2.05) is 24.4 Å². The standard InChI is InChI=1S/C24H27FN2O3S/c1-17-6-4-7-22(18(17)2)30-15-23-26-21(16-31-23)14-27(12-5-13-29-3)24(28)19-8-10-20(25)11-9-19/h4,6-11,16H,5,12-15H2,1-3H3. The zero-order chi connectivity index (χ0) is 22.2. The largest absolute Gasteiger partial charge is 0.486 e. The van der Waals surface area contributed by atoms with E-state index in [4.69, 9.17) is 9.47 Å². The smallest absolute Gasteiger partial charge is 0.254 e. The van der Waals surface area contributed by atoms with Crippen molar-refractivity contribution >= 4 is 17.2 Å². The van der Waals surface area contributed by atoms with Crippen LogP contribution in [0.3, 0.4) is 0 Å². The number of hydrogen-bond acceptors (Lipinski definition) is 5. The Hall–Kier alpha value is -2.77. The lowest BCUT2D eigenvalue weighted by atomic mass is 10.1. The molecule has 5 nitrogen and oxygen atoms in total. The third-order valence-electron chi connectivity index (χ3n) is 5.01. The highest BCUT2D eigenvalue weighted by Crippen LogP contribution is 2.23. The number of aromatic nitrogens is 1. The van der Waals surface area contributed by atoms with Crippen LogP contribution in [0.2, 0.25) is 0 Å². The molecule has 1 aromatic heterocycles. The van der Waals surface area contributed by atoms with Crippen LogP contribution in [0.15, 0.2) is 47.8 Å². The Morgan fingerprint density at radius 1 is 1.16 bits per heavy atom. The number of rotatable bonds is 10. The maximum Gasteiger partial charge on any atom is 0.254 e. The van der Waals surface area contributed by atoms with Crippen molar-refractivity contribution < 1.29 is 18.7 Å². The van der Waals surface area contributed by atoms with Crippen molar-refractivity contribution in [3.8, 4) is 5.75 Å². The minimum absolute atomic E-state index is 0.155. The number of nitrogens with zero attached hydrogens (tertiary/aromatic N) is 2. The van der Waals surface area contributed by atoms with Gasteiger partial charge in [-0.05, 0) is 61.7 Å². The monoisotopic (exact) mass is 442 g/mol. The molecule has 1 amide bonds. The summed E-state index contributed by atoms with van der Waals surface area (Å²) in [5.41, 5.74) is 3.56. The predicted molar refractivity (Wildman–Crippen MR) is 120 cm³/mol. The first kappa shape index (κ1) is 22.9. The van der Waals surface area contributed by atoms with E-state index in [0.29, 0.717) is 38.3 Å². The van der Waals surface area contributed by atoms with Crippen molar-refractivity contribution in [2.45, 2.75) is 33.4 Å². The molecule has 1 heterocycles. The van der Waals surface area contributed by atoms with Crippen molar-refractivity contribution in [1.82, 2.24) is 9.88 Å². The molecule has 0 unspecified atom stereocenters. The molecule has 2 aromatic carbocycles. The lowest BCUT2D eigenvalue weighted by Crippen LogP contribution is -2.32. The molecule has 0 aliphatic rings. The average molecular weight is 443 g/mol. The summed E-state index contributed by atoms with van der Waals surface area (Å²) in [6.45, 7) is 5.93. The average Bonchev–Trinajstić information content (AvgIpc) is 3.21. The quantitative estimate of drug-likeness (QED) is 0.407. The fourth-order valence-electron chi connectivity index (χ4n) is 3.13. The van der Waals surface area contributed by atoms with Gasteiger partial charge < -0.3 is 14.4 Å². The summed E-state index contributed by atoms with van der Waals surface area (Å²) in [5, 5.41) is 2.80. The van der Waals surface area contributed by atoms with Gasteiger partial charge in [-0.15, -0.1) is 11.3 Å². The van der Waals surface area contributed by atoms with Gasteiger partial charge in [-0.1, -0.05) is 12.1 Å². The number of ether oxygens (including phenoxy) is 2. The maximum atomic E-state index is 13.2. The Bertz CT molecular complexity index is 1000. The van der Waals surface area contributed by atoms with Crippen LogP contribution >= 0.6 is 11.3 Å². The van der Waals surface area contributed by atoms with Gasteiger partial charge in [0.15, 0.2) is 0 Å². The molecule has 3 aromatic rings. The second kappa shape index (κ2) is 11.0. The molecule has 0 saturated carbocycles. The molecule has 0 saturated heterocycles. The summed E-state index contributed by atoms with van der Waals surface area (Å²) >= 11 is 1.51. The molecule has 31 heavy (non-hydrogen) atoms. The Labute approximate surface area is 186 Å². The molecular formula is C24H27FN2O3S. The first-order valence-corrected chi connectivity index (χ1v) is 11.0. The molecule has 0 fully saturated rings. The third kappa shape index (κ3) is 6.35. The van der Waals surface area contributed by atoms with Gasteiger partial charge in [0.1, 0.15) is 23.2 Å². The van der Waals surface area contributed by atoms with E-state index in [-0.39, 0.29) is 11.7 Å². The van der Waals surface area contributed by atoms with Gasteiger partial charge in [0.2, 0.25) is 0 Å². The van der Waals surface area contributed by atoms with Gasteiger partial charge in [-0.2, -0.15) is 0 Å². The lowest BCUT2D eigenvalue weighted by Gasteiger charge is -2.22. The number of thiazole rings is 1. The summed E-state index contributed by atoms with van der Waals surface area (Å²) in [6, 6.07) is 11.6. The molecule has 0 spiro atoms. The second-order valence-corrected chi connectivity index (χ2v) is 8.24. The Morgan fingerprint density at radius 2 is 1.94 bits per heavy atom. The first-order valence-electron chi connectivity index (χ1n) is 10.1. The van der Waals surface area contributed by atoms with Crippen LogP contribution in [0.4, 0.5) is 4.39 Å². The zero-order valence-corrected chi connectivity index (χ0v) is 18.9. The van der Waals surface area contributed by atoms with Crippen LogP contribution in [-0.4, -0.2) is 36.1 Å². The van der Waals surface area contributed by atoms with E-state index in [0.717, 1.165) is 22.0 Å². The maximum absolute atomic E-state index is 13.2. The highest BCUT2D eigenvalue weighted by atomic mass is 32.1. The van der Waals surface area contributed by atoms with Gasteiger partial charge in [0.25, 0.3) is 5.91 Å². The van der Waals surface area contributed by atoms with Crippen LogP contribution in [-0.2, 0) is 17.9 Å². The predicted octanol–water partition coefficient (Wildman–Crippen LogP) is 5.16. The van der Waals surface area contributed by atoms with E-state index < -0.39 is 0 Å². The normalized spacial score (nSPS) is 10.8. The minimum atomic E-state index is -0.365. The highest BCUT2D eigenvalue weighted by molar-refractivity contribution is 7.09. The SMILES string of the molecule is COCCCN(Cc1csc(COc2cccc(C)c2C)n1)C(=O)c1ccc(F)cc1. The molecular weight excluding hydrogens is 415 g/mol. The number of halogens is 1. The molecule has 0 N–H and O–H groups in total. The van der Waals surface area contributed by atoms with Crippen molar-refractivity contribution in [3.63, 3.8) is 0 Å². The zero-order valence-electron chi connectivity index (χ0n) is 18.1. The number of methoxy groups -OCH3 is 1. The van der Waals surface area contributed by atoms with Gasteiger partial charge in [-0.3, -0.25) is 4.79 Å². The van der Waals surface area contributed by atoms with E-state index in [9.17, 15) is 9.18 Å². The molecule has 0 aliphatic carbocycles. The van der Waals surface area contributed by atoms with Crippen LogP contribution in [0.5, 0.6) is 5.75 Å². The Kier molecular flexibility index (Phi) is 8.14. The fourth-order valence-corrected chi connectivity index (χ4v) is 3.83. The minimum Gasteiger partial charge on any atom is -0.486 e. The molecule has 7 heteroatoms. The van der Waals surface area contributed by atoms with Crippen LogP contribution in [0.25, 0.3) is 0 Å². The van der Waals surface area contributed by atoms with E-state index in [1.54, 1.807) is 12.0 Å². The summed E-state index contributed by atoms with van der Waals surface area (Å²) < 4.78 is 24.3. The van der Waals surface area contributed by atoms with E-state index in [1.165, 1.54) is 41.2 Å². The van der Waals surface area contributed by atoms with Crippen molar-refractivity contribution in [2.24, 2.45) is 0 Å². The summed E-state index contributed by atoms with van der Waals surface area (Å²) in [4.78, 5) is 19.3. The lowest BCUT2D eigenvalue weighted by molar-refractivity contribution is 0.0721. The highest BCUT2D eigenvalue weighted by Gasteiger charge is 2.18. The van der Waals surface area contributed by atoms with Gasteiger partial charge in [0.05, 0.1) is 12.2 Å². The Balaban J connectivity index is 1.66. The molecule has 164 valence electrons. The number of benzene rings is 2. The molecule has 0 atom stereocenters. The summed E-state index contributed by atoms with van der Waals surface area (Å²) in [6.07, 6.45) is 0.705. The van der Waals surface area contributed by atoms with Crippen LogP contribution in [0, 0.1) is 19.7 Å². The van der Waals surface area contributed by atoms with Crippen LogP contribution < -0.4 is 4.74 Å². The van der Waals surface area contributed by atoms with Crippen LogP contribution in [0.1, 0.15) is 38.6 Å². The topological polar surface area (TPSA) is 51.7 Å². The number of carbonyl (C=O) groups excluding carboxylic acids is 1. The first-order chi connectivity index (χ1) is 15.0. The number of amides is 1. The molecule has 0 aliphatic heterocycles. The second-order valence-electron chi connectivity index (χ2n) is 7.30. The van der Waals surface area contributed by atoms with Crippen molar-refractivity contribution in [2.75, 3.05) is 20.3 Å². The molecule has 0 radical (unpaired) electrons. The fraction of sp³-hybridized carbons (Fsp3) is 0.333. The van der Waals surface area contributed by atoms with Crippen molar-refractivity contribution in [3.05, 3.63) is 81.1 Å². The summed E-state index contributed by atoms with van der Waals surface area (Å²) in [5.74, 6) is 0.331. The molecule has 3 rings (SSSR count). The molecule has 0 bridgehead atoms. The Morgan fingerprint density at radius 3 is 2.68 bits per heavy atom. The number of aryl methyl sites for hydroxylation is 1. The van der Waals surface area contributed by atoms with E-state index >= 15 is 0 Å². The number of hydrogen-bond donors (Lipinski definition) is 0. The third-order valence-corrected chi connectivity index (χ3v) is 5.88. The van der Waals surface area contributed by atoms with Crippen molar-refractivity contribution in [1.29, 1.82) is 0 Å². The summed E-state index contributed by atoms with van der Waals surface area (Å²) in [7, 11) is 1.63. The van der Waals surface area contributed by atoms with Gasteiger partial charge in [0, 0.05) is 31.2 Å². The van der Waals surface area contributed by atoms with Gasteiger partial charge >= 0.3 is 0 Å². The number of carbonyl (C=O) groups is 1.